The fourth-order valence-electron chi connectivity index (χ4n) is 2.60. The van der Waals surface area contributed by atoms with E-state index < -0.39 is 0 Å². The molecule has 22 heavy (non-hydrogen) atoms. The van der Waals surface area contributed by atoms with Crippen molar-refractivity contribution in [1.29, 1.82) is 0 Å². The van der Waals surface area contributed by atoms with Crippen LogP contribution in [0.25, 0.3) is 0 Å². The Kier molecular flexibility index (Phi) is 5.74. The molecular formula is C16H25N3O3. The summed E-state index contributed by atoms with van der Waals surface area (Å²) in [6.45, 7) is 5.17. The third-order valence-electron chi connectivity index (χ3n) is 3.77. The highest BCUT2D eigenvalue weighted by Crippen LogP contribution is 2.18. The van der Waals surface area contributed by atoms with E-state index in [4.69, 9.17) is 9.47 Å². The molecule has 122 valence electrons. The van der Waals surface area contributed by atoms with Crippen molar-refractivity contribution in [3.05, 3.63) is 23.9 Å². The molecular weight excluding hydrogens is 282 g/mol. The van der Waals surface area contributed by atoms with Crippen molar-refractivity contribution in [3.8, 4) is 5.88 Å². The zero-order valence-corrected chi connectivity index (χ0v) is 13.7. The number of aromatic nitrogens is 1. The first-order valence-corrected chi connectivity index (χ1v) is 7.62. The van der Waals surface area contributed by atoms with Crippen LogP contribution in [0, 0.1) is 0 Å². The van der Waals surface area contributed by atoms with Crippen LogP contribution in [0.4, 0.5) is 0 Å². The number of likely N-dealkylation sites (tertiary alicyclic amines) is 1. The van der Waals surface area contributed by atoms with Gasteiger partial charge in [0.2, 0.25) is 11.8 Å². The molecule has 0 radical (unpaired) electrons. The van der Waals surface area contributed by atoms with Gasteiger partial charge in [0.25, 0.3) is 0 Å². The first-order valence-electron chi connectivity index (χ1n) is 7.62. The molecule has 1 saturated heterocycles. The molecule has 1 amide bonds. The van der Waals surface area contributed by atoms with Gasteiger partial charge in [-0.05, 0) is 38.9 Å². The Morgan fingerprint density at radius 2 is 2.32 bits per heavy atom. The second kappa shape index (κ2) is 7.56. The van der Waals surface area contributed by atoms with Gasteiger partial charge in [-0.3, -0.25) is 9.69 Å². The van der Waals surface area contributed by atoms with Crippen molar-refractivity contribution in [3.63, 3.8) is 0 Å². The minimum atomic E-state index is -0.127. The maximum atomic E-state index is 12.3. The van der Waals surface area contributed by atoms with Crippen molar-refractivity contribution in [1.82, 2.24) is 15.2 Å². The average Bonchev–Trinajstić information content (AvgIpc) is 2.86. The standard InChI is InChI=1S/C16H25N3O3/c1-11(2)22-15-7-12(5-6-17-15)9-18-16(20)14-8-13(21-4)10-19(14)3/h5-7,11,13-14H,8-10H2,1-4H3,(H,18,20)/t13-,14-/m0/s1. The summed E-state index contributed by atoms with van der Waals surface area (Å²) in [5, 5.41) is 2.98. The number of pyridine rings is 1. The number of nitrogens with zero attached hydrogens (tertiary/aromatic N) is 2. The third kappa shape index (κ3) is 4.42. The van der Waals surface area contributed by atoms with Crippen molar-refractivity contribution in [2.45, 2.75) is 45.1 Å². The van der Waals surface area contributed by atoms with Gasteiger partial charge in [0.15, 0.2) is 0 Å². The second-order valence-corrected chi connectivity index (χ2v) is 5.94. The first-order chi connectivity index (χ1) is 10.5. The SMILES string of the molecule is CO[C@H]1C[C@@H](C(=O)NCc2ccnc(OC(C)C)c2)N(C)C1. The van der Waals surface area contributed by atoms with Crippen LogP contribution in [0.2, 0.25) is 0 Å². The van der Waals surface area contributed by atoms with E-state index in [1.165, 1.54) is 0 Å². The molecule has 2 atom stereocenters. The number of carbonyl (C=O) groups is 1. The Labute approximate surface area is 131 Å². The molecule has 0 aromatic carbocycles. The zero-order valence-electron chi connectivity index (χ0n) is 13.7. The number of methoxy groups -OCH3 is 1. The molecule has 1 aliphatic rings. The largest absolute Gasteiger partial charge is 0.475 e. The lowest BCUT2D eigenvalue weighted by Crippen LogP contribution is -2.41. The van der Waals surface area contributed by atoms with E-state index in [1.807, 2.05) is 37.9 Å². The Bertz CT molecular complexity index is 507. The fraction of sp³-hybridized carbons (Fsp3) is 0.625. The first kappa shape index (κ1) is 16.7. The Morgan fingerprint density at radius 3 is 2.95 bits per heavy atom. The summed E-state index contributed by atoms with van der Waals surface area (Å²) in [7, 11) is 3.64. The number of hydrogen-bond acceptors (Lipinski definition) is 5. The highest BCUT2D eigenvalue weighted by Gasteiger charge is 2.34. The van der Waals surface area contributed by atoms with Crippen LogP contribution in [-0.2, 0) is 16.1 Å². The van der Waals surface area contributed by atoms with E-state index in [9.17, 15) is 4.79 Å². The predicted octanol–water partition coefficient (Wildman–Crippen LogP) is 1.20. The normalized spacial score (nSPS) is 22.0. The predicted molar refractivity (Wildman–Crippen MR) is 83.7 cm³/mol. The molecule has 0 spiro atoms. The van der Waals surface area contributed by atoms with E-state index in [-0.39, 0.29) is 24.2 Å². The molecule has 0 aliphatic carbocycles. The van der Waals surface area contributed by atoms with Crippen LogP contribution < -0.4 is 10.1 Å². The number of carbonyl (C=O) groups excluding carboxylic acids is 1. The summed E-state index contributed by atoms with van der Waals surface area (Å²) >= 11 is 0. The summed E-state index contributed by atoms with van der Waals surface area (Å²) in [5.41, 5.74) is 0.975. The van der Waals surface area contributed by atoms with E-state index in [1.54, 1.807) is 13.3 Å². The molecule has 1 aromatic heterocycles. The molecule has 1 fully saturated rings. The topological polar surface area (TPSA) is 63.7 Å². The molecule has 1 aromatic rings. The lowest BCUT2D eigenvalue weighted by Gasteiger charge is -2.18. The maximum absolute atomic E-state index is 12.3. The van der Waals surface area contributed by atoms with Crippen LogP contribution in [0.1, 0.15) is 25.8 Å². The Hall–Kier alpha value is -1.66. The van der Waals surface area contributed by atoms with Gasteiger partial charge >= 0.3 is 0 Å². The fourth-order valence-corrected chi connectivity index (χ4v) is 2.60. The highest BCUT2D eigenvalue weighted by molar-refractivity contribution is 5.82. The van der Waals surface area contributed by atoms with Gasteiger partial charge in [-0.1, -0.05) is 0 Å². The van der Waals surface area contributed by atoms with Crippen molar-refractivity contribution >= 4 is 5.91 Å². The molecule has 1 N–H and O–H groups in total. The van der Waals surface area contributed by atoms with E-state index in [0.29, 0.717) is 12.4 Å². The van der Waals surface area contributed by atoms with Crippen LogP contribution in [0.3, 0.4) is 0 Å². The van der Waals surface area contributed by atoms with E-state index in [0.717, 1.165) is 18.5 Å². The molecule has 6 heteroatoms. The van der Waals surface area contributed by atoms with Crippen LogP contribution in [0.5, 0.6) is 5.88 Å². The number of rotatable bonds is 6. The lowest BCUT2D eigenvalue weighted by atomic mass is 10.2. The van der Waals surface area contributed by atoms with Crippen molar-refractivity contribution in [2.24, 2.45) is 0 Å². The summed E-state index contributed by atoms with van der Waals surface area (Å²) < 4.78 is 10.9. The van der Waals surface area contributed by atoms with Gasteiger partial charge in [-0.25, -0.2) is 4.98 Å². The summed E-state index contributed by atoms with van der Waals surface area (Å²) in [6, 6.07) is 3.61. The molecule has 1 aliphatic heterocycles. The Morgan fingerprint density at radius 1 is 1.55 bits per heavy atom. The maximum Gasteiger partial charge on any atom is 0.237 e. The molecule has 6 nitrogen and oxygen atoms in total. The minimum absolute atomic E-state index is 0.0326. The molecule has 0 bridgehead atoms. The monoisotopic (exact) mass is 307 g/mol. The minimum Gasteiger partial charge on any atom is -0.475 e. The van der Waals surface area contributed by atoms with Gasteiger partial charge in [-0.15, -0.1) is 0 Å². The van der Waals surface area contributed by atoms with Crippen LogP contribution in [-0.4, -0.2) is 54.7 Å². The van der Waals surface area contributed by atoms with E-state index >= 15 is 0 Å². The summed E-state index contributed by atoms with van der Waals surface area (Å²) in [5.74, 6) is 0.615. The van der Waals surface area contributed by atoms with Gasteiger partial charge in [0, 0.05) is 32.5 Å². The number of amides is 1. The molecule has 2 rings (SSSR count). The smallest absolute Gasteiger partial charge is 0.237 e. The third-order valence-corrected chi connectivity index (χ3v) is 3.77. The quantitative estimate of drug-likeness (QED) is 0.856. The number of likely N-dealkylation sites (N-methyl/N-ethyl adjacent to an activating group) is 1. The molecule has 0 unspecified atom stereocenters. The molecule has 0 saturated carbocycles. The summed E-state index contributed by atoms with van der Waals surface area (Å²) in [4.78, 5) is 18.5. The second-order valence-electron chi connectivity index (χ2n) is 5.94. The lowest BCUT2D eigenvalue weighted by molar-refractivity contribution is -0.125. The average molecular weight is 307 g/mol. The summed E-state index contributed by atoms with van der Waals surface area (Å²) in [6.07, 6.45) is 2.64. The zero-order chi connectivity index (χ0) is 16.1. The van der Waals surface area contributed by atoms with Gasteiger partial charge < -0.3 is 14.8 Å². The number of hydrogen-bond donors (Lipinski definition) is 1. The van der Waals surface area contributed by atoms with Gasteiger partial charge in [-0.2, -0.15) is 0 Å². The molecule has 2 heterocycles. The van der Waals surface area contributed by atoms with Crippen molar-refractivity contribution < 1.29 is 14.3 Å². The highest BCUT2D eigenvalue weighted by atomic mass is 16.5. The van der Waals surface area contributed by atoms with Gasteiger partial charge in [0.1, 0.15) is 0 Å². The Balaban J connectivity index is 1.88. The van der Waals surface area contributed by atoms with Crippen LogP contribution >= 0.6 is 0 Å². The number of nitrogens with one attached hydrogen (secondary N) is 1. The number of ether oxygens (including phenoxy) is 2. The van der Waals surface area contributed by atoms with Gasteiger partial charge in [0.05, 0.1) is 18.2 Å². The van der Waals surface area contributed by atoms with Crippen LogP contribution in [0.15, 0.2) is 18.3 Å². The van der Waals surface area contributed by atoms with E-state index in [2.05, 4.69) is 10.3 Å². The van der Waals surface area contributed by atoms with Crippen molar-refractivity contribution in [2.75, 3.05) is 20.7 Å².